The van der Waals surface area contributed by atoms with Gasteiger partial charge in [0.25, 0.3) is 0 Å². The fraction of sp³-hybridized carbons (Fsp3) is 0.671. The van der Waals surface area contributed by atoms with Gasteiger partial charge in [0.15, 0.2) is 0 Å². The van der Waals surface area contributed by atoms with Crippen LogP contribution >= 0.6 is 0 Å². The van der Waals surface area contributed by atoms with Gasteiger partial charge >= 0.3 is 0 Å². The Morgan fingerprint density at radius 3 is 1.27 bits per heavy atom. The standard InChI is InChI=1S/C16H25N3.C16H24N2.2C15H23N3.C14H22N4/c1-15(2,3)19-8-5-16(6-9-19)13-11-18-7-4-12(13)10-14(16)17;1-12(2)18-9-7-16(8-10-18)14-6-4-3-5-13(14)11-15(16)17;1-11(2)18-8-5-15(6-9-18)12-4-3-7-17-13(12)10-14(15)16;1-11(2)18-8-5-15(6-9-18)13(16)10-12-4-3-7-17-14(12)15;1-10(2)18-7-3-14(4-8-18)12(15)9-11-13(14)17-6-5-16-11/h4,7,11,14H,5-6,8-10,17H2,1-3H3;3-6,12,15H,7-11,17H2,1-2H3;3-4,7,11,14H,5-6,8-10,16H2,1-2H3;3-4,7,11,13H,5-6,8-10,16H2,1-2H3;5-6,10,12H,3-4,7-9,15H2,1-2H3/t14-;15-;14-;13-;12-/m11111/s1. The summed E-state index contributed by atoms with van der Waals surface area (Å²) < 4.78 is 0. The minimum absolute atomic E-state index is 0.0922. The van der Waals surface area contributed by atoms with Crippen molar-refractivity contribution in [2.75, 3.05) is 65.4 Å². The monoisotopic (exact) mass is 1240 g/mol. The molecule has 10 aliphatic rings. The van der Waals surface area contributed by atoms with Crippen molar-refractivity contribution >= 4 is 0 Å². The Hall–Kier alpha value is -4.65. The van der Waals surface area contributed by atoms with Crippen LogP contribution in [0.25, 0.3) is 0 Å². The third-order valence-electron chi connectivity index (χ3n) is 25.0. The quantitative estimate of drug-likeness (QED) is 0.114. The lowest BCUT2D eigenvalue weighted by molar-refractivity contribution is 0.0688. The zero-order valence-corrected chi connectivity index (χ0v) is 57.9. The molecule has 5 aliphatic carbocycles. The number of fused-ring (bicyclic) bond motifs is 10. The van der Waals surface area contributed by atoms with E-state index < -0.39 is 0 Å². The molecule has 15 nitrogen and oxygen atoms in total. The van der Waals surface area contributed by atoms with Crippen LogP contribution in [0.4, 0.5) is 0 Å². The lowest BCUT2D eigenvalue weighted by Gasteiger charge is -2.47. The van der Waals surface area contributed by atoms with Gasteiger partial charge in [0.1, 0.15) is 0 Å². The molecule has 5 saturated heterocycles. The second-order valence-electron chi connectivity index (χ2n) is 31.6. The van der Waals surface area contributed by atoms with E-state index in [1.807, 2.05) is 30.9 Å². The predicted molar refractivity (Wildman–Crippen MR) is 372 cm³/mol. The summed E-state index contributed by atoms with van der Waals surface area (Å²) in [7, 11) is 0. The van der Waals surface area contributed by atoms with Gasteiger partial charge in [-0.1, -0.05) is 36.4 Å². The van der Waals surface area contributed by atoms with E-state index in [0.29, 0.717) is 30.2 Å². The van der Waals surface area contributed by atoms with Gasteiger partial charge in [-0.2, -0.15) is 0 Å². The van der Waals surface area contributed by atoms with E-state index >= 15 is 0 Å². The molecule has 91 heavy (non-hydrogen) atoms. The van der Waals surface area contributed by atoms with Gasteiger partial charge in [0.05, 0.1) is 17.1 Å². The number of hydrogen-bond acceptors (Lipinski definition) is 15. The minimum Gasteiger partial charge on any atom is -0.327 e. The molecular formula is C76H117N15. The van der Waals surface area contributed by atoms with Crippen LogP contribution < -0.4 is 28.7 Å². The second-order valence-corrected chi connectivity index (χ2v) is 31.6. The predicted octanol–water partition coefficient (Wildman–Crippen LogP) is 8.93. The fourth-order valence-electron chi connectivity index (χ4n) is 18.8. The summed E-state index contributed by atoms with van der Waals surface area (Å²) in [6, 6.07) is 23.5. The molecule has 5 atom stereocenters. The fourth-order valence-corrected chi connectivity index (χ4v) is 18.8. The molecule has 10 N–H and O–H groups in total. The van der Waals surface area contributed by atoms with Crippen molar-refractivity contribution in [2.24, 2.45) is 28.7 Å². The molecule has 5 aromatic rings. The summed E-state index contributed by atoms with van der Waals surface area (Å²) in [5, 5.41) is 0. The Labute approximate surface area is 548 Å². The van der Waals surface area contributed by atoms with Crippen LogP contribution in [-0.4, -0.2) is 175 Å². The Bertz CT molecular complexity index is 2850. The van der Waals surface area contributed by atoms with Crippen LogP contribution in [0, 0.1) is 0 Å². The molecule has 4 aromatic heterocycles. The number of nitrogens with zero attached hydrogens (tertiary/aromatic N) is 10. The molecule has 15 heteroatoms. The van der Waals surface area contributed by atoms with E-state index in [-0.39, 0.29) is 56.8 Å². The van der Waals surface area contributed by atoms with Gasteiger partial charge in [0.2, 0.25) is 0 Å². The summed E-state index contributed by atoms with van der Waals surface area (Å²) in [6.45, 7) is 36.7. The van der Waals surface area contributed by atoms with Crippen LogP contribution in [0.5, 0.6) is 0 Å². The summed E-state index contributed by atoms with van der Waals surface area (Å²) in [5.41, 5.74) is 47.0. The summed E-state index contributed by atoms with van der Waals surface area (Å²) in [5.74, 6) is 0. The number of aromatic nitrogens is 5. The normalized spacial score (nSPS) is 26.7. The highest BCUT2D eigenvalue weighted by Gasteiger charge is 2.52. The van der Waals surface area contributed by atoms with Crippen LogP contribution in [0.2, 0.25) is 0 Å². The van der Waals surface area contributed by atoms with Crippen LogP contribution in [0.15, 0.2) is 91.8 Å². The smallest absolute Gasteiger partial charge is 0.0697 e. The van der Waals surface area contributed by atoms with Gasteiger partial charge in [-0.25, -0.2) is 0 Å². The Morgan fingerprint density at radius 1 is 0.363 bits per heavy atom. The van der Waals surface area contributed by atoms with Crippen LogP contribution in [-0.2, 0) is 59.2 Å². The number of piperidine rings is 5. The highest BCUT2D eigenvalue weighted by Crippen LogP contribution is 2.50. The highest BCUT2D eigenvalue weighted by atomic mass is 15.2. The van der Waals surface area contributed by atoms with Gasteiger partial charge in [-0.05, 0) is 277 Å². The van der Waals surface area contributed by atoms with E-state index in [2.05, 4.69) is 180 Å². The first-order chi connectivity index (χ1) is 43.5. The van der Waals surface area contributed by atoms with Crippen molar-refractivity contribution < 1.29 is 0 Å². The van der Waals surface area contributed by atoms with Crippen molar-refractivity contribution in [2.45, 2.75) is 259 Å². The third-order valence-corrected chi connectivity index (χ3v) is 25.0. The van der Waals surface area contributed by atoms with Crippen molar-refractivity contribution in [3.05, 3.63) is 148 Å². The zero-order valence-electron chi connectivity index (χ0n) is 57.9. The lowest BCUT2D eigenvalue weighted by atomic mass is 9.71. The number of benzene rings is 1. The maximum absolute atomic E-state index is 6.50. The number of hydrogen-bond donors (Lipinski definition) is 5. The Balaban J connectivity index is 0.000000117. The second kappa shape index (κ2) is 27.6. The van der Waals surface area contributed by atoms with Crippen molar-refractivity contribution in [1.82, 2.24) is 49.4 Å². The highest BCUT2D eigenvalue weighted by molar-refractivity contribution is 5.44. The molecule has 0 radical (unpaired) electrons. The molecule has 5 spiro atoms. The largest absolute Gasteiger partial charge is 0.327 e. The van der Waals surface area contributed by atoms with Gasteiger partial charge in [-0.3, -0.25) is 29.8 Å². The number of pyridine rings is 3. The Kier molecular flexibility index (Phi) is 20.5. The topological polar surface area (TPSA) is 211 Å². The maximum atomic E-state index is 6.50. The van der Waals surface area contributed by atoms with Gasteiger partial charge in [-0.15, -0.1) is 0 Å². The first kappa shape index (κ1) is 67.8. The number of nitrogens with two attached hydrogens (primary N) is 5. The molecule has 0 saturated carbocycles. The Morgan fingerprint density at radius 2 is 0.725 bits per heavy atom. The minimum atomic E-state index is 0.0922. The molecule has 0 unspecified atom stereocenters. The summed E-state index contributed by atoms with van der Waals surface area (Å²) in [4.78, 5) is 35.4. The van der Waals surface area contributed by atoms with Crippen LogP contribution in [0.1, 0.15) is 197 Å². The molecule has 496 valence electrons. The average molecular weight is 1240 g/mol. The average Bonchev–Trinajstić information content (AvgIpc) is 1.67. The lowest BCUT2D eigenvalue weighted by Crippen LogP contribution is -2.54. The van der Waals surface area contributed by atoms with Gasteiger partial charge in [0, 0.05) is 143 Å². The number of likely N-dealkylation sites (tertiary alicyclic amines) is 5. The van der Waals surface area contributed by atoms with Crippen LogP contribution in [0.3, 0.4) is 0 Å². The maximum Gasteiger partial charge on any atom is 0.0697 e. The molecule has 1 aromatic carbocycles. The summed E-state index contributed by atoms with van der Waals surface area (Å²) in [6.07, 6.45) is 28.1. The van der Waals surface area contributed by atoms with E-state index in [4.69, 9.17) is 28.7 Å². The van der Waals surface area contributed by atoms with Gasteiger partial charge < -0.3 is 48.3 Å². The molecule has 9 heterocycles. The van der Waals surface area contributed by atoms with E-state index in [9.17, 15) is 0 Å². The molecular weight excluding hydrogens is 1120 g/mol. The number of rotatable bonds is 4. The molecule has 5 aliphatic heterocycles. The third kappa shape index (κ3) is 13.1. The molecule has 5 fully saturated rings. The SMILES string of the molecule is CC(C)(C)N1CCC2(CC1)c1cnccc1C[C@H]2N.CC(C)N1CCC2(CC1)c1ccccc1C[C@H]2N.CC(C)N1CCC2(CC1)c1cccnc1C[C@H]2N.CC(C)N1CCC2(CC1)c1ncccc1C[C@H]2N.CC(C)N1CCC2(CC1)c1nccnc1C[C@H]2N. The van der Waals surface area contributed by atoms with Crippen molar-refractivity contribution in [1.29, 1.82) is 0 Å². The first-order valence-electron chi connectivity index (χ1n) is 35.7. The first-order valence-corrected chi connectivity index (χ1v) is 35.7. The molecule has 15 rings (SSSR count). The van der Waals surface area contributed by atoms with Crippen molar-refractivity contribution in [3.63, 3.8) is 0 Å². The summed E-state index contributed by atoms with van der Waals surface area (Å²) >= 11 is 0. The van der Waals surface area contributed by atoms with Crippen molar-refractivity contribution in [3.8, 4) is 0 Å². The van der Waals surface area contributed by atoms with E-state index in [0.717, 1.165) is 103 Å². The van der Waals surface area contributed by atoms with E-state index in [1.165, 1.54) is 110 Å². The molecule has 0 bridgehead atoms. The van der Waals surface area contributed by atoms with E-state index in [1.54, 1.807) is 11.8 Å². The zero-order chi connectivity index (χ0) is 64.7. The molecule has 0 amide bonds.